The maximum absolute atomic E-state index is 12.4. The molecule has 0 aliphatic heterocycles. The van der Waals surface area contributed by atoms with Gasteiger partial charge < -0.3 is 5.32 Å². The van der Waals surface area contributed by atoms with E-state index in [4.69, 9.17) is 23.2 Å². The molecule has 1 atom stereocenters. The molecule has 0 saturated carbocycles. The van der Waals surface area contributed by atoms with Gasteiger partial charge in [0.05, 0.1) is 18.8 Å². The van der Waals surface area contributed by atoms with Gasteiger partial charge in [-0.2, -0.15) is 0 Å². The lowest BCUT2D eigenvalue weighted by Gasteiger charge is -2.14. The summed E-state index contributed by atoms with van der Waals surface area (Å²) in [4.78, 5) is 12.4. The van der Waals surface area contributed by atoms with Crippen molar-refractivity contribution in [2.75, 3.05) is 0 Å². The van der Waals surface area contributed by atoms with E-state index in [1.807, 2.05) is 49.4 Å². The minimum Gasteiger partial charge on any atom is -0.344 e. The fourth-order valence-corrected chi connectivity index (χ4v) is 2.95. The van der Waals surface area contributed by atoms with Crippen molar-refractivity contribution in [2.24, 2.45) is 0 Å². The number of carbonyl (C=O) groups excluding carboxylic acids is 1. The van der Waals surface area contributed by atoms with Crippen LogP contribution in [0.4, 0.5) is 0 Å². The number of carbonyl (C=O) groups is 1. The van der Waals surface area contributed by atoms with Gasteiger partial charge in [-0.15, -0.1) is 5.10 Å². The highest BCUT2D eigenvalue weighted by atomic mass is 35.5. The van der Waals surface area contributed by atoms with Crippen molar-refractivity contribution in [2.45, 2.75) is 19.5 Å². The van der Waals surface area contributed by atoms with Crippen molar-refractivity contribution >= 4 is 29.1 Å². The number of amides is 1. The highest BCUT2D eigenvalue weighted by Gasteiger charge is 2.16. The Labute approximate surface area is 155 Å². The molecule has 3 rings (SSSR count). The largest absolute Gasteiger partial charge is 0.344 e. The summed E-state index contributed by atoms with van der Waals surface area (Å²) in [6, 6.07) is 14.6. The van der Waals surface area contributed by atoms with Gasteiger partial charge in [0.2, 0.25) is 0 Å². The number of halogens is 2. The van der Waals surface area contributed by atoms with Gasteiger partial charge in [0.25, 0.3) is 5.91 Å². The van der Waals surface area contributed by atoms with Crippen LogP contribution in [0.25, 0.3) is 0 Å². The van der Waals surface area contributed by atoms with Crippen LogP contribution in [0.15, 0.2) is 54.7 Å². The minimum absolute atomic E-state index is 0.241. The standard InChI is InChI=1S/C18H16Cl2N4O/c1-12(14-7-3-5-9-16(14)20)21-18(25)17-11-24(23-22-17)10-13-6-2-4-8-15(13)19/h2-9,11-12H,10H2,1H3,(H,21,25). The number of nitrogens with one attached hydrogen (secondary N) is 1. The van der Waals surface area contributed by atoms with Crippen LogP contribution in [0.3, 0.4) is 0 Å². The summed E-state index contributed by atoms with van der Waals surface area (Å²) in [5, 5.41) is 12.1. The van der Waals surface area contributed by atoms with E-state index >= 15 is 0 Å². The van der Waals surface area contributed by atoms with Crippen molar-refractivity contribution in [3.63, 3.8) is 0 Å². The third kappa shape index (κ3) is 4.18. The van der Waals surface area contributed by atoms with E-state index in [1.54, 1.807) is 16.9 Å². The zero-order valence-corrected chi connectivity index (χ0v) is 15.0. The van der Waals surface area contributed by atoms with E-state index in [-0.39, 0.29) is 17.6 Å². The van der Waals surface area contributed by atoms with Crippen molar-refractivity contribution in [1.82, 2.24) is 20.3 Å². The van der Waals surface area contributed by atoms with Crippen molar-refractivity contribution < 1.29 is 4.79 Å². The van der Waals surface area contributed by atoms with Gasteiger partial charge in [-0.25, -0.2) is 4.68 Å². The molecule has 1 N–H and O–H groups in total. The molecule has 0 spiro atoms. The summed E-state index contributed by atoms with van der Waals surface area (Å²) in [5.41, 5.74) is 2.00. The second-order valence-corrected chi connectivity index (χ2v) is 6.42. The van der Waals surface area contributed by atoms with E-state index in [1.165, 1.54) is 0 Å². The van der Waals surface area contributed by atoms with Crippen molar-refractivity contribution in [3.8, 4) is 0 Å². The Balaban J connectivity index is 1.69. The topological polar surface area (TPSA) is 59.8 Å². The highest BCUT2D eigenvalue weighted by molar-refractivity contribution is 6.31. The van der Waals surface area contributed by atoms with Gasteiger partial charge in [0, 0.05) is 10.0 Å². The fraction of sp³-hybridized carbons (Fsp3) is 0.167. The molecule has 0 aliphatic rings. The summed E-state index contributed by atoms with van der Waals surface area (Å²) >= 11 is 12.3. The molecule has 2 aromatic carbocycles. The summed E-state index contributed by atoms with van der Waals surface area (Å²) in [5.74, 6) is -0.308. The molecule has 1 unspecified atom stereocenters. The normalized spacial score (nSPS) is 12.0. The Morgan fingerprint density at radius 2 is 1.80 bits per heavy atom. The van der Waals surface area contributed by atoms with E-state index in [9.17, 15) is 4.79 Å². The van der Waals surface area contributed by atoms with Crippen LogP contribution in [-0.4, -0.2) is 20.9 Å². The predicted octanol–water partition coefficient (Wildman–Crippen LogP) is 4.12. The van der Waals surface area contributed by atoms with Gasteiger partial charge in [0.1, 0.15) is 0 Å². The Morgan fingerprint density at radius 1 is 1.12 bits per heavy atom. The predicted molar refractivity (Wildman–Crippen MR) is 97.9 cm³/mol. The van der Waals surface area contributed by atoms with Gasteiger partial charge in [-0.1, -0.05) is 64.8 Å². The van der Waals surface area contributed by atoms with Gasteiger partial charge in [-0.05, 0) is 30.2 Å². The first-order valence-corrected chi connectivity index (χ1v) is 8.49. The average molecular weight is 375 g/mol. The SMILES string of the molecule is CC(NC(=O)c1cn(Cc2ccccc2Cl)nn1)c1ccccc1Cl. The molecule has 0 aliphatic carbocycles. The second kappa shape index (κ2) is 7.68. The number of nitrogens with zero attached hydrogens (tertiary/aromatic N) is 3. The zero-order chi connectivity index (χ0) is 17.8. The van der Waals surface area contributed by atoms with Crippen molar-refractivity contribution in [1.29, 1.82) is 0 Å². The number of aromatic nitrogens is 3. The number of hydrogen-bond acceptors (Lipinski definition) is 3. The lowest BCUT2D eigenvalue weighted by Crippen LogP contribution is -2.27. The van der Waals surface area contributed by atoms with Gasteiger partial charge >= 0.3 is 0 Å². The van der Waals surface area contributed by atoms with Crippen LogP contribution in [0, 0.1) is 0 Å². The third-order valence-electron chi connectivity index (χ3n) is 3.78. The Morgan fingerprint density at radius 3 is 2.52 bits per heavy atom. The van der Waals surface area contributed by atoms with E-state index in [0.717, 1.165) is 11.1 Å². The minimum atomic E-state index is -0.308. The molecule has 0 saturated heterocycles. The molecular formula is C18H16Cl2N4O. The number of benzene rings is 2. The summed E-state index contributed by atoms with van der Waals surface area (Å²) in [7, 11) is 0. The molecule has 0 fully saturated rings. The first-order chi connectivity index (χ1) is 12.0. The van der Waals surface area contributed by atoms with Crippen LogP contribution < -0.4 is 5.32 Å². The van der Waals surface area contributed by atoms with Gasteiger partial charge in [0.15, 0.2) is 5.69 Å². The van der Waals surface area contributed by atoms with Crippen LogP contribution >= 0.6 is 23.2 Å². The molecule has 25 heavy (non-hydrogen) atoms. The first kappa shape index (κ1) is 17.5. The summed E-state index contributed by atoms with van der Waals surface area (Å²) in [6.07, 6.45) is 1.60. The van der Waals surface area contributed by atoms with Crippen LogP contribution in [0.1, 0.15) is 34.6 Å². The lowest BCUT2D eigenvalue weighted by atomic mass is 10.1. The van der Waals surface area contributed by atoms with E-state index in [0.29, 0.717) is 16.6 Å². The van der Waals surface area contributed by atoms with E-state index in [2.05, 4.69) is 15.6 Å². The fourth-order valence-electron chi connectivity index (χ4n) is 2.46. The molecule has 0 bridgehead atoms. The zero-order valence-electron chi connectivity index (χ0n) is 13.5. The van der Waals surface area contributed by atoms with E-state index < -0.39 is 0 Å². The quantitative estimate of drug-likeness (QED) is 0.730. The molecule has 3 aromatic rings. The molecule has 5 nitrogen and oxygen atoms in total. The molecule has 1 aromatic heterocycles. The Hall–Kier alpha value is -2.37. The van der Waals surface area contributed by atoms with Crippen molar-refractivity contribution in [3.05, 3.63) is 81.6 Å². The summed E-state index contributed by atoms with van der Waals surface area (Å²) in [6.45, 7) is 2.31. The lowest BCUT2D eigenvalue weighted by molar-refractivity contribution is 0.0935. The Bertz CT molecular complexity index is 894. The maximum Gasteiger partial charge on any atom is 0.273 e. The number of rotatable bonds is 5. The third-order valence-corrected chi connectivity index (χ3v) is 4.49. The number of hydrogen-bond donors (Lipinski definition) is 1. The van der Waals surface area contributed by atoms with Crippen LogP contribution in [-0.2, 0) is 6.54 Å². The molecule has 128 valence electrons. The van der Waals surface area contributed by atoms with Gasteiger partial charge in [-0.3, -0.25) is 4.79 Å². The first-order valence-electron chi connectivity index (χ1n) is 7.73. The average Bonchev–Trinajstić information content (AvgIpc) is 3.06. The molecule has 1 amide bonds. The summed E-state index contributed by atoms with van der Waals surface area (Å²) < 4.78 is 1.58. The Kier molecular flexibility index (Phi) is 5.36. The highest BCUT2D eigenvalue weighted by Crippen LogP contribution is 2.22. The molecule has 0 radical (unpaired) electrons. The molecule has 1 heterocycles. The van der Waals surface area contributed by atoms with Crippen LogP contribution in [0.5, 0.6) is 0 Å². The maximum atomic E-state index is 12.4. The monoisotopic (exact) mass is 374 g/mol. The molecular weight excluding hydrogens is 359 g/mol. The van der Waals surface area contributed by atoms with Crippen LogP contribution in [0.2, 0.25) is 10.0 Å². The molecule has 7 heteroatoms. The smallest absolute Gasteiger partial charge is 0.273 e. The second-order valence-electron chi connectivity index (χ2n) is 5.61.